The van der Waals surface area contributed by atoms with E-state index in [1.165, 1.54) is 38.5 Å². The molecule has 0 radical (unpaired) electrons. The number of fused-ring (bicyclic) bond motifs is 1. The Bertz CT molecular complexity index is 1070. The van der Waals surface area contributed by atoms with Crippen molar-refractivity contribution in [2.24, 2.45) is 4.76 Å². The van der Waals surface area contributed by atoms with Gasteiger partial charge in [-0.3, -0.25) is 9.05 Å². The number of hydrogen-bond acceptors (Lipinski definition) is 5. The number of benzene rings is 2. The minimum Gasteiger partial charge on any atom is -0.508 e. The van der Waals surface area contributed by atoms with Crippen molar-refractivity contribution >= 4 is 13.6 Å². The molecule has 1 unspecified atom stereocenters. The maximum atomic E-state index is 12.7. The SMILES string of the molecule is C=CC1c2cc(O)ccc2C/C(=N/P(=O)(OC)OC)N1Cc1cccc(OC(F)(F)F)c1. The van der Waals surface area contributed by atoms with Gasteiger partial charge in [-0.05, 0) is 41.0 Å². The van der Waals surface area contributed by atoms with E-state index in [0.717, 1.165) is 11.1 Å². The Morgan fingerprint density at radius 1 is 1.25 bits per heavy atom. The third-order valence-corrected chi connectivity index (χ3v) is 6.27. The van der Waals surface area contributed by atoms with E-state index in [-0.39, 0.29) is 24.5 Å². The molecule has 0 saturated heterocycles. The predicted molar refractivity (Wildman–Crippen MR) is 112 cm³/mol. The van der Waals surface area contributed by atoms with Crippen molar-refractivity contribution in [2.75, 3.05) is 14.2 Å². The number of phenolic OH excluding ortho intramolecular Hbond substituents is 1. The van der Waals surface area contributed by atoms with Crippen molar-refractivity contribution in [1.82, 2.24) is 4.90 Å². The third kappa shape index (κ3) is 5.51. The van der Waals surface area contributed by atoms with Crippen LogP contribution < -0.4 is 4.74 Å². The highest BCUT2D eigenvalue weighted by Gasteiger charge is 2.34. The first kappa shape index (κ1) is 23.8. The first-order valence-electron chi connectivity index (χ1n) is 9.43. The van der Waals surface area contributed by atoms with Gasteiger partial charge in [-0.15, -0.1) is 19.8 Å². The van der Waals surface area contributed by atoms with Gasteiger partial charge in [0, 0.05) is 27.2 Å². The summed E-state index contributed by atoms with van der Waals surface area (Å²) in [6.07, 6.45) is -2.98. The molecule has 0 spiro atoms. The molecule has 2 aromatic carbocycles. The Hall–Kier alpha value is -2.81. The first-order valence-corrected chi connectivity index (χ1v) is 10.9. The number of phenols is 1. The van der Waals surface area contributed by atoms with Crippen molar-refractivity contribution in [3.8, 4) is 11.5 Å². The van der Waals surface area contributed by atoms with Crippen molar-refractivity contribution in [1.29, 1.82) is 0 Å². The molecule has 172 valence electrons. The van der Waals surface area contributed by atoms with Crippen LogP contribution in [0.4, 0.5) is 13.2 Å². The van der Waals surface area contributed by atoms with Crippen LogP contribution in [0.5, 0.6) is 11.5 Å². The van der Waals surface area contributed by atoms with Crippen LogP contribution in [-0.2, 0) is 26.6 Å². The summed E-state index contributed by atoms with van der Waals surface area (Å²) in [6, 6.07) is 9.84. The number of rotatable bonds is 7. The van der Waals surface area contributed by atoms with Gasteiger partial charge in [0.15, 0.2) is 0 Å². The van der Waals surface area contributed by atoms with Gasteiger partial charge in [-0.1, -0.05) is 24.3 Å². The summed E-state index contributed by atoms with van der Waals surface area (Å²) in [5, 5.41) is 9.96. The normalized spacial score (nSPS) is 17.8. The lowest BCUT2D eigenvalue weighted by Gasteiger charge is -2.38. The Kier molecular flexibility index (Phi) is 6.97. The molecule has 1 aliphatic rings. The average molecular weight is 470 g/mol. The fourth-order valence-electron chi connectivity index (χ4n) is 3.49. The summed E-state index contributed by atoms with van der Waals surface area (Å²) in [5.41, 5.74) is 2.04. The summed E-state index contributed by atoms with van der Waals surface area (Å²) < 4.78 is 68.7. The Morgan fingerprint density at radius 3 is 2.59 bits per heavy atom. The van der Waals surface area contributed by atoms with E-state index in [9.17, 15) is 22.8 Å². The largest absolute Gasteiger partial charge is 0.573 e. The number of aromatic hydroxyl groups is 1. The van der Waals surface area contributed by atoms with E-state index in [2.05, 4.69) is 16.1 Å². The Morgan fingerprint density at radius 2 is 1.97 bits per heavy atom. The summed E-state index contributed by atoms with van der Waals surface area (Å²) in [4.78, 5) is 1.71. The fraction of sp³-hybridized carbons (Fsp3) is 0.286. The molecule has 1 aliphatic heterocycles. The molecule has 1 atom stereocenters. The molecule has 2 aromatic rings. The van der Waals surface area contributed by atoms with E-state index in [1.807, 2.05) is 0 Å². The highest BCUT2D eigenvalue weighted by Crippen LogP contribution is 2.49. The second-order valence-electron chi connectivity index (χ2n) is 6.91. The molecule has 1 heterocycles. The maximum absolute atomic E-state index is 12.7. The van der Waals surface area contributed by atoms with Crippen LogP contribution >= 0.6 is 7.75 Å². The van der Waals surface area contributed by atoms with Crippen LogP contribution in [0.15, 0.2) is 59.9 Å². The lowest BCUT2D eigenvalue weighted by Crippen LogP contribution is -2.39. The smallest absolute Gasteiger partial charge is 0.508 e. The summed E-state index contributed by atoms with van der Waals surface area (Å²) in [7, 11) is -1.39. The fourth-order valence-corrected chi connectivity index (χ4v) is 4.27. The molecule has 0 aliphatic carbocycles. The summed E-state index contributed by atoms with van der Waals surface area (Å²) in [6.45, 7) is 3.95. The molecule has 3 rings (SSSR count). The van der Waals surface area contributed by atoms with Gasteiger partial charge >= 0.3 is 14.1 Å². The topological polar surface area (TPSA) is 80.6 Å². The number of amidine groups is 1. The van der Waals surface area contributed by atoms with Crippen LogP contribution in [0.3, 0.4) is 0 Å². The molecule has 1 N–H and O–H groups in total. The third-order valence-electron chi connectivity index (χ3n) is 4.87. The minimum absolute atomic E-state index is 0.0518. The standard InChI is InChI=1S/C21H22F3N2O5P/c1-4-19-18-12-16(27)9-8-15(18)11-20(25-32(28,29-2)30-3)26(19)13-14-6-5-7-17(10-14)31-21(22,23)24/h4-10,12,19,27H,1,11,13H2,2-3H3/b25-20-. The zero-order valence-electron chi connectivity index (χ0n) is 17.4. The lowest BCUT2D eigenvalue weighted by molar-refractivity contribution is -0.274. The van der Waals surface area contributed by atoms with Gasteiger partial charge < -0.3 is 14.7 Å². The number of alkyl halides is 3. The van der Waals surface area contributed by atoms with Gasteiger partial charge in [0.05, 0.1) is 6.04 Å². The van der Waals surface area contributed by atoms with Crippen LogP contribution in [-0.4, -0.2) is 36.4 Å². The number of ether oxygens (including phenoxy) is 1. The lowest BCUT2D eigenvalue weighted by atomic mass is 9.91. The van der Waals surface area contributed by atoms with Crippen molar-refractivity contribution in [3.63, 3.8) is 0 Å². The Balaban J connectivity index is 2.06. The van der Waals surface area contributed by atoms with Gasteiger partial charge in [0.2, 0.25) is 0 Å². The molecule has 0 fully saturated rings. The average Bonchev–Trinajstić information content (AvgIpc) is 2.73. The predicted octanol–water partition coefficient (Wildman–Crippen LogP) is 5.38. The van der Waals surface area contributed by atoms with Crippen LogP contribution in [0.1, 0.15) is 22.7 Å². The maximum Gasteiger partial charge on any atom is 0.573 e. The summed E-state index contributed by atoms with van der Waals surface area (Å²) >= 11 is 0. The van der Waals surface area contributed by atoms with Crippen molar-refractivity contribution in [3.05, 3.63) is 71.8 Å². The van der Waals surface area contributed by atoms with Crippen LogP contribution in [0.25, 0.3) is 0 Å². The van der Waals surface area contributed by atoms with Crippen LogP contribution in [0, 0.1) is 0 Å². The molecule has 0 saturated carbocycles. The highest BCUT2D eigenvalue weighted by atomic mass is 31.2. The van der Waals surface area contributed by atoms with Crippen LogP contribution in [0.2, 0.25) is 0 Å². The van der Waals surface area contributed by atoms with Gasteiger partial charge in [-0.2, -0.15) is 4.76 Å². The Labute approximate surface area is 183 Å². The zero-order valence-corrected chi connectivity index (χ0v) is 18.3. The summed E-state index contributed by atoms with van der Waals surface area (Å²) in [5.74, 6) is 0.0244. The monoisotopic (exact) mass is 470 g/mol. The molecular formula is C21H22F3N2O5P. The van der Waals surface area contributed by atoms with E-state index in [0.29, 0.717) is 11.4 Å². The van der Waals surface area contributed by atoms with Crippen molar-refractivity contribution < 1.29 is 36.6 Å². The quantitative estimate of drug-likeness (QED) is 0.433. The molecular weight excluding hydrogens is 448 g/mol. The molecule has 7 nitrogen and oxygen atoms in total. The molecule has 11 heteroatoms. The second-order valence-corrected chi connectivity index (χ2v) is 8.78. The number of hydrogen-bond donors (Lipinski definition) is 1. The van der Waals surface area contributed by atoms with E-state index in [1.54, 1.807) is 29.2 Å². The van der Waals surface area contributed by atoms with Gasteiger partial charge in [-0.25, -0.2) is 4.57 Å². The van der Waals surface area contributed by atoms with Crippen molar-refractivity contribution in [2.45, 2.75) is 25.4 Å². The molecule has 32 heavy (non-hydrogen) atoms. The minimum atomic E-state index is -4.82. The number of halogens is 3. The molecule has 0 aromatic heterocycles. The molecule has 0 bridgehead atoms. The van der Waals surface area contributed by atoms with E-state index < -0.39 is 20.2 Å². The van der Waals surface area contributed by atoms with E-state index in [4.69, 9.17) is 9.05 Å². The highest BCUT2D eigenvalue weighted by molar-refractivity contribution is 7.52. The second kappa shape index (κ2) is 9.36. The zero-order chi connectivity index (χ0) is 23.5. The molecule has 0 amide bonds. The van der Waals surface area contributed by atoms with E-state index >= 15 is 0 Å². The number of nitrogens with zero attached hydrogens (tertiary/aromatic N) is 2. The van der Waals surface area contributed by atoms with Gasteiger partial charge in [0.1, 0.15) is 17.3 Å². The van der Waals surface area contributed by atoms with Gasteiger partial charge in [0.25, 0.3) is 0 Å². The first-order chi connectivity index (χ1) is 15.1.